The first-order valence-corrected chi connectivity index (χ1v) is 5.37. The molecule has 0 aliphatic heterocycles. The zero-order chi connectivity index (χ0) is 10.1. The van der Waals surface area contributed by atoms with Crippen LogP contribution in [-0.2, 0) is 0 Å². The number of rotatable bonds is 7. The summed E-state index contributed by atoms with van der Waals surface area (Å²) in [5.74, 6) is 3.48. The fourth-order valence-corrected chi connectivity index (χ4v) is 1.39. The second-order valence-electron chi connectivity index (χ2n) is 3.91. The number of nitrogens with one attached hydrogen (secondary N) is 1. The van der Waals surface area contributed by atoms with E-state index in [0.29, 0.717) is 6.04 Å². The molecule has 0 aromatic rings. The largest absolute Gasteiger partial charge is 0.314 e. The van der Waals surface area contributed by atoms with Gasteiger partial charge in [-0.05, 0) is 32.2 Å². The molecule has 0 aliphatic rings. The quantitative estimate of drug-likeness (QED) is 0.470. The van der Waals surface area contributed by atoms with Crippen molar-refractivity contribution in [3.8, 4) is 12.3 Å². The Morgan fingerprint density at radius 1 is 1.38 bits per heavy atom. The first kappa shape index (κ1) is 12.5. The third kappa shape index (κ3) is 7.87. The van der Waals surface area contributed by atoms with Crippen molar-refractivity contribution in [2.45, 2.75) is 52.5 Å². The normalized spacial score (nSPS) is 14.9. The molecule has 0 amide bonds. The van der Waals surface area contributed by atoms with Gasteiger partial charge >= 0.3 is 0 Å². The van der Waals surface area contributed by atoms with Crippen molar-refractivity contribution in [2.24, 2.45) is 5.92 Å². The highest BCUT2D eigenvalue weighted by Crippen LogP contribution is 2.09. The van der Waals surface area contributed by atoms with E-state index in [2.05, 4.69) is 32.0 Å². The van der Waals surface area contributed by atoms with Crippen molar-refractivity contribution in [1.82, 2.24) is 5.32 Å². The van der Waals surface area contributed by atoms with Crippen molar-refractivity contribution < 1.29 is 0 Å². The van der Waals surface area contributed by atoms with E-state index in [1.54, 1.807) is 0 Å². The fourth-order valence-electron chi connectivity index (χ4n) is 1.39. The minimum absolute atomic E-state index is 0.632. The molecule has 2 atom stereocenters. The molecule has 76 valence electrons. The minimum atomic E-state index is 0.632. The van der Waals surface area contributed by atoms with Gasteiger partial charge in [0.1, 0.15) is 0 Å². The molecule has 0 rings (SSSR count). The van der Waals surface area contributed by atoms with Gasteiger partial charge in [0.25, 0.3) is 0 Å². The summed E-state index contributed by atoms with van der Waals surface area (Å²) in [6, 6.07) is 0.632. The second kappa shape index (κ2) is 8.13. The van der Waals surface area contributed by atoms with E-state index in [1.807, 2.05) is 0 Å². The highest BCUT2D eigenvalue weighted by molar-refractivity contribution is 4.83. The number of hydrogen-bond donors (Lipinski definition) is 1. The Balaban J connectivity index is 3.30. The molecule has 1 nitrogen and oxygen atoms in total. The summed E-state index contributed by atoms with van der Waals surface area (Å²) in [4.78, 5) is 0. The molecule has 0 aromatic carbocycles. The molecule has 1 N–H and O–H groups in total. The summed E-state index contributed by atoms with van der Waals surface area (Å²) >= 11 is 0. The predicted octanol–water partition coefficient (Wildman–Crippen LogP) is 2.81. The second-order valence-corrected chi connectivity index (χ2v) is 3.91. The first-order valence-electron chi connectivity index (χ1n) is 5.37. The fraction of sp³-hybridized carbons (Fsp3) is 0.833. The molecule has 0 fully saturated rings. The Morgan fingerprint density at radius 3 is 2.62 bits per heavy atom. The van der Waals surface area contributed by atoms with Gasteiger partial charge in [-0.3, -0.25) is 0 Å². The van der Waals surface area contributed by atoms with Crippen LogP contribution in [0.15, 0.2) is 0 Å². The van der Waals surface area contributed by atoms with Gasteiger partial charge in [-0.15, -0.1) is 12.3 Å². The van der Waals surface area contributed by atoms with Crippen LogP contribution in [0.2, 0.25) is 0 Å². The van der Waals surface area contributed by atoms with Gasteiger partial charge in [0.15, 0.2) is 0 Å². The van der Waals surface area contributed by atoms with E-state index in [4.69, 9.17) is 6.42 Å². The molecule has 0 aliphatic carbocycles. The van der Waals surface area contributed by atoms with E-state index in [9.17, 15) is 0 Å². The lowest BCUT2D eigenvalue weighted by molar-refractivity contribution is 0.412. The summed E-state index contributed by atoms with van der Waals surface area (Å²) < 4.78 is 0. The molecule has 1 heteroatoms. The molecule has 0 heterocycles. The molecular weight excluding hydrogens is 158 g/mol. The van der Waals surface area contributed by atoms with E-state index >= 15 is 0 Å². The third-order valence-electron chi connectivity index (χ3n) is 2.44. The Bertz CT molecular complexity index is 146. The standard InChI is InChI=1S/C12H23N/c1-5-7-8-9-13-12(4)10-11(3)6-2/h1,11-13H,6-10H2,2-4H3. The van der Waals surface area contributed by atoms with Gasteiger partial charge < -0.3 is 5.32 Å². The number of terminal acetylenes is 1. The molecule has 0 saturated heterocycles. The van der Waals surface area contributed by atoms with E-state index in [1.165, 1.54) is 12.8 Å². The van der Waals surface area contributed by atoms with E-state index < -0.39 is 0 Å². The van der Waals surface area contributed by atoms with Crippen LogP contribution in [0, 0.1) is 18.3 Å². The first-order chi connectivity index (χ1) is 6.20. The molecule has 2 unspecified atom stereocenters. The topological polar surface area (TPSA) is 12.0 Å². The summed E-state index contributed by atoms with van der Waals surface area (Å²) in [5, 5.41) is 3.49. The zero-order valence-electron chi connectivity index (χ0n) is 9.27. The monoisotopic (exact) mass is 181 g/mol. The van der Waals surface area contributed by atoms with Crippen LogP contribution >= 0.6 is 0 Å². The van der Waals surface area contributed by atoms with Crippen LogP contribution in [0.3, 0.4) is 0 Å². The van der Waals surface area contributed by atoms with Crippen LogP contribution in [0.1, 0.15) is 46.5 Å². The van der Waals surface area contributed by atoms with Gasteiger partial charge in [-0.2, -0.15) is 0 Å². The van der Waals surface area contributed by atoms with Gasteiger partial charge in [0.05, 0.1) is 0 Å². The zero-order valence-corrected chi connectivity index (χ0v) is 9.27. The molecular formula is C12H23N. The van der Waals surface area contributed by atoms with Gasteiger partial charge in [-0.25, -0.2) is 0 Å². The molecule has 0 bridgehead atoms. The maximum Gasteiger partial charge on any atom is 0.00981 e. The van der Waals surface area contributed by atoms with Crippen LogP contribution < -0.4 is 5.32 Å². The van der Waals surface area contributed by atoms with E-state index in [-0.39, 0.29) is 0 Å². The molecule has 0 spiro atoms. The summed E-state index contributed by atoms with van der Waals surface area (Å²) in [6.07, 6.45) is 9.70. The number of hydrogen-bond acceptors (Lipinski definition) is 1. The van der Waals surface area contributed by atoms with Crippen LogP contribution in [0.25, 0.3) is 0 Å². The van der Waals surface area contributed by atoms with Crippen molar-refractivity contribution in [2.75, 3.05) is 6.54 Å². The van der Waals surface area contributed by atoms with Gasteiger partial charge in [0.2, 0.25) is 0 Å². The van der Waals surface area contributed by atoms with Crippen molar-refractivity contribution in [3.63, 3.8) is 0 Å². The number of unbranched alkanes of at least 4 members (excludes halogenated alkanes) is 1. The summed E-state index contributed by atoms with van der Waals surface area (Å²) in [7, 11) is 0. The highest BCUT2D eigenvalue weighted by Gasteiger charge is 2.05. The SMILES string of the molecule is C#CCCCNC(C)CC(C)CC. The Kier molecular flexibility index (Phi) is 7.83. The maximum absolute atomic E-state index is 5.17. The average Bonchev–Trinajstić information content (AvgIpc) is 2.12. The van der Waals surface area contributed by atoms with Crippen molar-refractivity contribution in [1.29, 1.82) is 0 Å². The Morgan fingerprint density at radius 2 is 2.08 bits per heavy atom. The lowest BCUT2D eigenvalue weighted by Crippen LogP contribution is -2.28. The third-order valence-corrected chi connectivity index (χ3v) is 2.44. The highest BCUT2D eigenvalue weighted by atomic mass is 14.9. The lowest BCUT2D eigenvalue weighted by Gasteiger charge is -2.17. The van der Waals surface area contributed by atoms with Crippen LogP contribution in [0.5, 0.6) is 0 Å². The van der Waals surface area contributed by atoms with Gasteiger partial charge in [0, 0.05) is 12.5 Å². The lowest BCUT2D eigenvalue weighted by atomic mass is 10.0. The average molecular weight is 181 g/mol. The molecule has 0 radical (unpaired) electrons. The van der Waals surface area contributed by atoms with Crippen LogP contribution in [0.4, 0.5) is 0 Å². The van der Waals surface area contributed by atoms with E-state index in [0.717, 1.165) is 25.3 Å². The smallest absolute Gasteiger partial charge is 0.00981 e. The van der Waals surface area contributed by atoms with Crippen molar-refractivity contribution in [3.05, 3.63) is 0 Å². The Labute approximate surface area is 83.3 Å². The molecule has 0 saturated carbocycles. The maximum atomic E-state index is 5.17. The van der Waals surface area contributed by atoms with Crippen molar-refractivity contribution >= 4 is 0 Å². The Hall–Kier alpha value is -0.480. The summed E-state index contributed by atoms with van der Waals surface area (Å²) in [6.45, 7) is 7.86. The van der Waals surface area contributed by atoms with Gasteiger partial charge in [-0.1, -0.05) is 20.3 Å². The van der Waals surface area contributed by atoms with Crippen LogP contribution in [-0.4, -0.2) is 12.6 Å². The predicted molar refractivity (Wildman–Crippen MR) is 59.6 cm³/mol. The molecule has 13 heavy (non-hydrogen) atoms. The minimum Gasteiger partial charge on any atom is -0.314 e. The summed E-state index contributed by atoms with van der Waals surface area (Å²) in [5.41, 5.74) is 0. The molecule has 0 aromatic heterocycles.